The van der Waals surface area contributed by atoms with Crippen LogP contribution in [0.15, 0.2) is 41.4 Å². The number of nitrogens with zero attached hydrogens (tertiary/aromatic N) is 5. The molecule has 4 rings (SSSR count). The molecule has 22 heavy (non-hydrogen) atoms. The molecule has 0 bridgehead atoms. The normalized spacial score (nSPS) is 17.0. The third-order valence-electron chi connectivity index (χ3n) is 4.11. The van der Waals surface area contributed by atoms with Crippen molar-refractivity contribution in [1.82, 2.24) is 24.9 Å². The Labute approximate surface area is 127 Å². The van der Waals surface area contributed by atoms with E-state index in [4.69, 9.17) is 10.3 Å². The predicted molar refractivity (Wildman–Crippen MR) is 79.0 cm³/mol. The highest BCUT2D eigenvalue weighted by atomic mass is 16.5. The molecule has 112 valence electrons. The van der Waals surface area contributed by atoms with Gasteiger partial charge in [-0.05, 0) is 25.0 Å². The van der Waals surface area contributed by atoms with Gasteiger partial charge in [0.25, 0.3) is 5.89 Å². The first-order valence-electron chi connectivity index (χ1n) is 7.33. The maximum absolute atomic E-state index is 6.35. The zero-order chi connectivity index (χ0) is 15.0. The van der Waals surface area contributed by atoms with Crippen molar-refractivity contribution in [2.24, 2.45) is 5.73 Å². The van der Waals surface area contributed by atoms with Crippen LogP contribution < -0.4 is 5.73 Å². The van der Waals surface area contributed by atoms with E-state index in [2.05, 4.69) is 20.2 Å². The van der Waals surface area contributed by atoms with Gasteiger partial charge < -0.3 is 10.3 Å². The van der Waals surface area contributed by atoms with Gasteiger partial charge in [-0.3, -0.25) is 4.98 Å². The van der Waals surface area contributed by atoms with Gasteiger partial charge in [0.15, 0.2) is 5.82 Å². The summed E-state index contributed by atoms with van der Waals surface area (Å²) in [6.45, 7) is 0. The van der Waals surface area contributed by atoms with Crippen LogP contribution in [-0.4, -0.2) is 24.9 Å². The van der Waals surface area contributed by atoms with E-state index in [1.54, 1.807) is 23.3 Å². The number of nitrogens with two attached hydrogens (primary N) is 1. The van der Waals surface area contributed by atoms with Crippen LogP contribution in [0.2, 0.25) is 0 Å². The van der Waals surface area contributed by atoms with Crippen LogP contribution in [0.4, 0.5) is 0 Å². The molecule has 0 aliphatic heterocycles. The second kappa shape index (κ2) is 5.03. The third-order valence-corrected chi connectivity index (χ3v) is 4.11. The molecule has 1 aliphatic carbocycles. The molecule has 1 saturated carbocycles. The van der Waals surface area contributed by atoms with Crippen molar-refractivity contribution in [1.29, 1.82) is 0 Å². The summed E-state index contributed by atoms with van der Waals surface area (Å²) in [6, 6.07) is 3.79. The van der Waals surface area contributed by atoms with Gasteiger partial charge in [-0.15, -0.1) is 0 Å². The zero-order valence-corrected chi connectivity index (χ0v) is 12.0. The fraction of sp³-hybridized carbons (Fsp3) is 0.333. The largest absolute Gasteiger partial charge is 0.334 e. The van der Waals surface area contributed by atoms with E-state index in [0.29, 0.717) is 11.7 Å². The minimum absolute atomic E-state index is 0.443. The van der Waals surface area contributed by atoms with E-state index in [1.807, 2.05) is 18.3 Å². The SMILES string of the molecule is NC1(c2noc(-c3cnn(-c4cccnc4)c3)n2)CCCC1. The summed E-state index contributed by atoms with van der Waals surface area (Å²) >= 11 is 0. The number of hydrogen-bond acceptors (Lipinski definition) is 6. The fourth-order valence-electron chi connectivity index (χ4n) is 2.84. The lowest BCUT2D eigenvalue weighted by Gasteiger charge is -2.17. The molecule has 0 amide bonds. The molecule has 3 aromatic heterocycles. The van der Waals surface area contributed by atoms with E-state index in [9.17, 15) is 0 Å². The van der Waals surface area contributed by atoms with E-state index >= 15 is 0 Å². The van der Waals surface area contributed by atoms with Gasteiger partial charge in [-0.1, -0.05) is 18.0 Å². The molecule has 0 aromatic carbocycles. The maximum Gasteiger partial charge on any atom is 0.261 e. The molecule has 0 saturated heterocycles. The van der Waals surface area contributed by atoms with E-state index in [-0.39, 0.29) is 0 Å². The molecule has 2 N–H and O–H groups in total. The number of aromatic nitrogens is 5. The average Bonchev–Trinajstić information content (AvgIpc) is 3.28. The standard InChI is InChI=1S/C15H16N6O/c16-15(5-1-2-6-15)14-19-13(22-20-14)11-8-18-21(10-11)12-4-3-7-17-9-12/h3-4,7-10H,1-2,5-6,16H2. The van der Waals surface area contributed by atoms with Crippen molar-refractivity contribution in [2.45, 2.75) is 31.2 Å². The van der Waals surface area contributed by atoms with Gasteiger partial charge in [0, 0.05) is 12.4 Å². The van der Waals surface area contributed by atoms with E-state index < -0.39 is 5.54 Å². The number of pyridine rings is 1. The Morgan fingerprint density at radius 2 is 2.09 bits per heavy atom. The van der Waals surface area contributed by atoms with Crippen LogP contribution in [0, 0.1) is 0 Å². The van der Waals surface area contributed by atoms with Crippen molar-refractivity contribution < 1.29 is 4.52 Å². The second-order valence-corrected chi connectivity index (χ2v) is 5.67. The summed E-state index contributed by atoms with van der Waals surface area (Å²) < 4.78 is 7.09. The summed E-state index contributed by atoms with van der Waals surface area (Å²) in [4.78, 5) is 8.55. The molecule has 0 atom stereocenters. The summed E-state index contributed by atoms with van der Waals surface area (Å²) in [5.41, 5.74) is 7.55. The van der Waals surface area contributed by atoms with Gasteiger partial charge in [-0.25, -0.2) is 4.68 Å². The van der Waals surface area contributed by atoms with Gasteiger partial charge in [0.2, 0.25) is 0 Å². The van der Waals surface area contributed by atoms with Crippen molar-refractivity contribution in [3.8, 4) is 17.1 Å². The van der Waals surface area contributed by atoms with Crippen LogP contribution in [0.5, 0.6) is 0 Å². The molecule has 1 aliphatic rings. The Morgan fingerprint density at radius 1 is 1.23 bits per heavy atom. The smallest absolute Gasteiger partial charge is 0.261 e. The van der Waals surface area contributed by atoms with Crippen molar-refractivity contribution in [2.75, 3.05) is 0 Å². The first-order chi connectivity index (χ1) is 10.7. The monoisotopic (exact) mass is 296 g/mol. The minimum Gasteiger partial charge on any atom is -0.334 e. The Morgan fingerprint density at radius 3 is 2.86 bits per heavy atom. The maximum atomic E-state index is 6.35. The lowest BCUT2D eigenvalue weighted by Crippen LogP contribution is -2.34. The van der Waals surface area contributed by atoms with Crippen molar-refractivity contribution in [3.63, 3.8) is 0 Å². The topological polar surface area (TPSA) is 95.7 Å². The van der Waals surface area contributed by atoms with Crippen molar-refractivity contribution in [3.05, 3.63) is 42.7 Å². The summed E-state index contributed by atoms with van der Waals surface area (Å²) in [5.74, 6) is 1.04. The van der Waals surface area contributed by atoms with Gasteiger partial charge in [0.05, 0.1) is 29.2 Å². The highest BCUT2D eigenvalue weighted by molar-refractivity contribution is 5.51. The molecule has 0 unspecified atom stereocenters. The first kappa shape index (κ1) is 13.1. The number of rotatable bonds is 3. The summed E-state index contributed by atoms with van der Waals surface area (Å²) in [5, 5.41) is 8.37. The third kappa shape index (κ3) is 2.19. The van der Waals surface area contributed by atoms with Gasteiger partial charge in [0.1, 0.15) is 0 Å². The molecule has 0 radical (unpaired) electrons. The molecule has 1 fully saturated rings. The minimum atomic E-state index is -0.443. The highest BCUT2D eigenvalue weighted by Gasteiger charge is 2.36. The first-order valence-corrected chi connectivity index (χ1v) is 7.33. The van der Waals surface area contributed by atoms with Crippen LogP contribution >= 0.6 is 0 Å². The van der Waals surface area contributed by atoms with Crippen LogP contribution in [0.1, 0.15) is 31.5 Å². The molecular weight excluding hydrogens is 280 g/mol. The number of hydrogen-bond donors (Lipinski definition) is 1. The Bertz CT molecular complexity index is 772. The van der Waals surface area contributed by atoms with Gasteiger partial charge >= 0.3 is 0 Å². The lowest BCUT2D eigenvalue weighted by atomic mass is 9.99. The van der Waals surface area contributed by atoms with Gasteiger partial charge in [-0.2, -0.15) is 10.1 Å². The van der Waals surface area contributed by atoms with E-state index in [0.717, 1.165) is 36.9 Å². The summed E-state index contributed by atoms with van der Waals surface area (Å²) in [6.07, 6.45) is 11.0. The molecule has 7 heteroatoms. The predicted octanol–water partition coefficient (Wildman–Crippen LogP) is 2.05. The molecule has 3 heterocycles. The molecular formula is C15H16N6O. The Balaban J connectivity index is 1.63. The van der Waals surface area contributed by atoms with Crippen LogP contribution in [-0.2, 0) is 5.54 Å². The van der Waals surface area contributed by atoms with Crippen LogP contribution in [0.3, 0.4) is 0 Å². The second-order valence-electron chi connectivity index (χ2n) is 5.67. The highest BCUT2D eigenvalue weighted by Crippen LogP contribution is 2.35. The quantitative estimate of drug-likeness (QED) is 0.794. The summed E-state index contributed by atoms with van der Waals surface area (Å²) in [7, 11) is 0. The molecule has 3 aromatic rings. The molecule has 7 nitrogen and oxygen atoms in total. The average molecular weight is 296 g/mol. The fourth-order valence-corrected chi connectivity index (χ4v) is 2.84. The molecule has 0 spiro atoms. The Hall–Kier alpha value is -2.54. The van der Waals surface area contributed by atoms with E-state index in [1.165, 1.54) is 0 Å². The van der Waals surface area contributed by atoms with Crippen LogP contribution in [0.25, 0.3) is 17.1 Å². The van der Waals surface area contributed by atoms with Crippen molar-refractivity contribution >= 4 is 0 Å². The lowest BCUT2D eigenvalue weighted by molar-refractivity contribution is 0.372. The zero-order valence-electron chi connectivity index (χ0n) is 12.0. The Kier molecular flexibility index (Phi) is 3.00.